The molecule has 176 valence electrons. The molecule has 1 heterocycles. The predicted molar refractivity (Wildman–Crippen MR) is 122 cm³/mol. The van der Waals surface area contributed by atoms with Crippen molar-refractivity contribution in [2.24, 2.45) is 0 Å². The second kappa shape index (κ2) is 10.9. The lowest BCUT2D eigenvalue weighted by Gasteiger charge is -2.13. The Morgan fingerprint density at radius 3 is 1.52 bits per heavy atom. The third kappa shape index (κ3) is 6.30. The van der Waals surface area contributed by atoms with Crippen molar-refractivity contribution in [3.8, 4) is 45.8 Å². The first-order valence-corrected chi connectivity index (χ1v) is 10.8. The second-order valence-electron chi connectivity index (χ2n) is 7.63. The number of rotatable bonds is 10. The summed E-state index contributed by atoms with van der Waals surface area (Å²) in [6, 6.07) is 9.43. The van der Waals surface area contributed by atoms with E-state index in [4.69, 9.17) is 9.47 Å². The molecule has 0 fully saturated rings. The van der Waals surface area contributed by atoms with Gasteiger partial charge >= 0.3 is 0 Å². The van der Waals surface area contributed by atoms with Crippen LogP contribution in [-0.2, 0) is 0 Å². The summed E-state index contributed by atoms with van der Waals surface area (Å²) in [7, 11) is 0. The minimum Gasteiger partial charge on any atom is -0.507 e. The first-order valence-electron chi connectivity index (χ1n) is 10.8. The standard InChI is InChI=1S/C24H29N3O6/c1-4-15(28)12-32-17-6-8-19(21(30)10-17)23-25-14(3)26-24(27-23)20-9-7-18(11-22(20)31)33-13-16(29)5-2/h6-11,15-16,28-31H,4-5,12-13H2,1-3H3. The molecule has 4 N–H and O–H groups in total. The van der Waals surface area contributed by atoms with E-state index in [0.717, 1.165) is 0 Å². The van der Waals surface area contributed by atoms with Crippen LogP contribution in [0.4, 0.5) is 0 Å². The van der Waals surface area contributed by atoms with Crippen LogP contribution in [0.2, 0.25) is 0 Å². The average molecular weight is 456 g/mol. The van der Waals surface area contributed by atoms with Crippen molar-refractivity contribution in [3.05, 3.63) is 42.2 Å². The normalized spacial score (nSPS) is 12.9. The van der Waals surface area contributed by atoms with Gasteiger partial charge in [0.05, 0.1) is 23.3 Å². The highest BCUT2D eigenvalue weighted by molar-refractivity contribution is 5.70. The Bertz CT molecular complexity index is 1010. The number of aryl methyl sites for hydroxylation is 1. The van der Waals surface area contributed by atoms with E-state index in [1.54, 1.807) is 31.2 Å². The van der Waals surface area contributed by atoms with Crippen molar-refractivity contribution < 1.29 is 29.9 Å². The van der Waals surface area contributed by atoms with Gasteiger partial charge in [0.15, 0.2) is 11.6 Å². The zero-order valence-corrected chi connectivity index (χ0v) is 18.9. The van der Waals surface area contributed by atoms with Crippen molar-refractivity contribution in [2.75, 3.05) is 13.2 Å². The fraction of sp³-hybridized carbons (Fsp3) is 0.375. The Morgan fingerprint density at radius 1 is 0.727 bits per heavy atom. The monoisotopic (exact) mass is 455 g/mol. The van der Waals surface area contributed by atoms with Gasteiger partial charge in [0.1, 0.15) is 42.0 Å². The fourth-order valence-corrected chi connectivity index (χ4v) is 2.92. The first kappa shape index (κ1) is 24.2. The number of aliphatic hydroxyl groups excluding tert-OH is 2. The van der Waals surface area contributed by atoms with E-state index in [2.05, 4.69) is 15.0 Å². The highest BCUT2D eigenvalue weighted by atomic mass is 16.5. The van der Waals surface area contributed by atoms with Gasteiger partial charge in [0.2, 0.25) is 0 Å². The summed E-state index contributed by atoms with van der Waals surface area (Å²) in [4.78, 5) is 13.1. The molecule has 33 heavy (non-hydrogen) atoms. The summed E-state index contributed by atoms with van der Waals surface area (Å²) < 4.78 is 11.0. The van der Waals surface area contributed by atoms with Crippen molar-refractivity contribution >= 4 is 0 Å². The molecule has 2 unspecified atom stereocenters. The lowest BCUT2D eigenvalue weighted by molar-refractivity contribution is 0.104. The molecule has 0 aliphatic heterocycles. The van der Waals surface area contributed by atoms with Crippen molar-refractivity contribution in [1.29, 1.82) is 0 Å². The van der Waals surface area contributed by atoms with Gasteiger partial charge in [-0.25, -0.2) is 15.0 Å². The van der Waals surface area contributed by atoms with Gasteiger partial charge < -0.3 is 29.9 Å². The maximum atomic E-state index is 10.5. The summed E-state index contributed by atoms with van der Waals surface area (Å²) in [5, 5.41) is 40.3. The largest absolute Gasteiger partial charge is 0.507 e. The molecule has 3 rings (SSSR count). The number of aromatic hydroxyl groups is 2. The second-order valence-corrected chi connectivity index (χ2v) is 7.63. The van der Waals surface area contributed by atoms with Crippen LogP contribution in [0, 0.1) is 6.92 Å². The third-order valence-electron chi connectivity index (χ3n) is 4.99. The molecule has 2 atom stereocenters. The average Bonchev–Trinajstić information content (AvgIpc) is 2.80. The van der Waals surface area contributed by atoms with Gasteiger partial charge in [-0.2, -0.15) is 0 Å². The molecule has 9 nitrogen and oxygen atoms in total. The summed E-state index contributed by atoms with van der Waals surface area (Å²) in [6.45, 7) is 5.65. The minimum atomic E-state index is -0.582. The highest BCUT2D eigenvalue weighted by Crippen LogP contribution is 2.34. The molecule has 0 bridgehead atoms. The summed E-state index contributed by atoms with van der Waals surface area (Å²) >= 11 is 0. The maximum absolute atomic E-state index is 10.5. The molecule has 2 aromatic carbocycles. The topological polar surface area (TPSA) is 138 Å². The van der Waals surface area contributed by atoms with Crippen LogP contribution in [0.5, 0.6) is 23.0 Å². The van der Waals surface area contributed by atoms with E-state index in [1.807, 2.05) is 13.8 Å². The number of phenolic OH excluding ortho intramolecular Hbond substituents is 2. The van der Waals surface area contributed by atoms with Crippen LogP contribution in [0.25, 0.3) is 22.8 Å². The Hall–Kier alpha value is -3.43. The van der Waals surface area contributed by atoms with Crippen LogP contribution in [-0.4, -0.2) is 60.8 Å². The van der Waals surface area contributed by atoms with E-state index in [-0.39, 0.29) is 36.4 Å². The van der Waals surface area contributed by atoms with E-state index >= 15 is 0 Å². The summed E-state index contributed by atoms with van der Waals surface area (Å²) in [5.41, 5.74) is 0.747. The number of ether oxygens (including phenoxy) is 2. The Morgan fingerprint density at radius 2 is 1.15 bits per heavy atom. The van der Waals surface area contributed by atoms with E-state index < -0.39 is 12.2 Å². The SMILES string of the molecule is CCC(O)COc1ccc(-c2nc(C)nc(-c3ccc(OCC(O)CC)cc3O)n2)c(O)c1. The molecule has 1 aromatic heterocycles. The Labute approximate surface area is 192 Å². The minimum absolute atomic E-state index is 0.0857. The van der Waals surface area contributed by atoms with Gasteiger partial charge in [-0.15, -0.1) is 0 Å². The molecule has 0 aliphatic carbocycles. The van der Waals surface area contributed by atoms with E-state index in [9.17, 15) is 20.4 Å². The molecule has 0 aliphatic rings. The van der Waals surface area contributed by atoms with Gasteiger partial charge in [-0.3, -0.25) is 0 Å². The fourth-order valence-electron chi connectivity index (χ4n) is 2.92. The molecule has 0 amide bonds. The van der Waals surface area contributed by atoms with Crippen molar-refractivity contribution in [2.45, 2.75) is 45.8 Å². The van der Waals surface area contributed by atoms with E-state index in [0.29, 0.717) is 41.3 Å². The van der Waals surface area contributed by atoms with Crippen LogP contribution in [0.15, 0.2) is 36.4 Å². The highest BCUT2D eigenvalue weighted by Gasteiger charge is 2.16. The summed E-state index contributed by atoms with van der Waals surface area (Å²) in [6.07, 6.45) is -0.0293. The van der Waals surface area contributed by atoms with Gasteiger partial charge in [-0.1, -0.05) is 13.8 Å². The number of aromatic nitrogens is 3. The molecule has 0 spiro atoms. The zero-order valence-electron chi connectivity index (χ0n) is 18.9. The lowest BCUT2D eigenvalue weighted by atomic mass is 10.1. The first-order chi connectivity index (χ1) is 15.8. The molecule has 0 radical (unpaired) electrons. The number of benzene rings is 2. The quantitative estimate of drug-likeness (QED) is 0.363. The maximum Gasteiger partial charge on any atom is 0.167 e. The molecule has 0 saturated heterocycles. The number of hydrogen-bond acceptors (Lipinski definition) is 9. The zero-order chi connectivity index (χ0) is 24.0. The van der Waals surface area contributed by atoms with Crippen LogP contribution >= 0.6 is 0 Å². The smallest absolute Gasteiger partial charge is 0.167 e. The lowest BCUT2D eigenvalue weighted by Crippen LogP contribution is -2.15. The molecule has 3 aromatic rings. The van der Waals surface area contributed by atoms with Gasteiger partial charge in [0.25, 0.3) is 0 Å². The summed E-state index contributed by atoms with van der Waals surface area (Å²) in [5.74, 6) is 1.54. The molecule has 0 saturated carbocycles. The van der Waals surface area contributed by atoms with Gasteiger partial charge in [0, 0.05) is 12.1 Å². The van der Waals surface area contributed by atoms with Crippen molar-refractivity contribution in [1.82, 2.24) is 15.0 Å². The number of hydrogen-bond donors (Lipinski definition) is 4. The number of nitrogens with zero attached hydrogens (tertiary/aromatic N) is 3. The number of phenols is 2. The van der Waals surface area contributed by atoms with Gasteiger partial charge in [-0.05, 0) is 44.0 Å². The predicted octanol–water partition coefficient (Wildman–Crippen LogP) is 3.22. The Kier molecular flexibility index (Phi) is 8.02. The molecular formula is C24H29N3O6. The van der Waals surface area contributed by atoms with E-state index in [1.165, 1.54) is 12.1 Å². The molecule has 9 heteroatoms. The van der Waals surface area contributed by atoms with Crippen molar-refractivity contribution in [3.63, 3.8) is 0 Å². The van der Waals surface area contributed by atoms with Crippen LogP contribution in [0.3, 0.4) is 0 Å². The van der Waals surface area contributed by atoms with Crippen LogP contribution in [0.1, 0.15) is 32.5 Å². The number of aliphatic hydroxyl groups is 2. The Balaban J connectivity index is 1.85. The molecular weight excluding hydrogens is 426 g/mol. The van der Waals surface area contributed by atoms with Crippen LogP contribution < -0.4 is 9.47 Å². The third-order valence-corrected chi connectivity index (χ3v) is 4.99.